The molecule has 1 N–H and O–H groups in total. The lowest BCUT2D eigenvalue weighted by Crippen LogP contribution is -2.19. The Labute approximate surface area is 167 Å². The Morgan fingerprint density at radius 2 is 1.83 bits per heavy atom. The fourth-order valence-corrected chi connectivity index (χ4v) is 3.53. The van der Waals surface area contributed by atoms with Gasteiger partial charge in [-0.2, -0.15) is 5.10 Å². The van der Waals surface area contributed by atoms with Gasteiger partial charge in [-0.15, -0.1) is 0 Å². The summed E-state index contributed by atoms with van der Waals surface area (Å²) >= 11 is 0. The molecule has 3 heterocycles. The molecule has 0 aliphatic carbocycles. The maximum absolute atomic E-state index is 13.0. The number of carbonyl (C=O) groups excluding carboxylic acids is 1. The maximum atomic E-state index is 13.0. The molecule has 4 aromatic rings. The number of rotatable bonds is 4. The van der Waals surface area contributed by atoms with Crippen LogP contribution in [0.1, 0.15) is 35.8 Å². The molecule has 0 radical (unpaired) electrons. The van der Waals surface area contributed by atoms with E-state index in [9.17, 15) is 9.59 Å². The second-order valence-corrected chi connectivity index (χ2v) is 7.26. The van der Waals surface area contributed by atoms with Crippen molar-refractivity contribution in [2.24, 2.45) is 14.1 Å². The molecule has 29 heavy (non-hydrogen) atoms. The number of amides is 1. The Hall–Kier alpha value is -3.68. The van der Waals surface area contributed by atoms with E-state index < -0.39 is 0 Å². The highest BCUT2D eigenvalue weighted by molar-refractivity contribution is 6.05. The third kappa shape index (κ3) is 3.12. The Morgan fingerprint density at radius 3 is 2.52 bits per heavy atom. The molecule has 1 amide bonds. The molecule has 0 aliphatic heterocycles. The van der Waals surface area contributed by atoms with Gasteiger partial charge in [-0.3, -0.25) is 13.9 Å². The average Bonchev–Trinajstić information content (AvgIpc) is 3.26. The van der Waals surface area contributed by atoms with Crippen LogP contribution in [0.2, 0.25) is 0 Å². The van der Waals surface area contributed by atoms with E-state index in [1.54, 1.807) is 52.4 Å². The SMILES string of the molecule is CC(C)c1c(C(=O)Nc2ccc3c(c2)n(C)c(=O)n3C)cnn1-c1ccccn1. The molecule has 0 spiro atoms. The van der Waals surface area contributed by atoms with Crippen LogP contribution < -0.4 is 11.0 Å². The van der Waals surface area contributed by atoms with Crippen molar-refractivity contribution in [3.63, 3.8) is 0 Å². The molecule has 0 bridgehead atoms. The summed E-state index contributed by atoms with van der Waals surface area (Å²) in [6.45, 7) is 4.03. The zero-order valence-electron chi connectivity index (χ0n) is 16.7. The van der Waals surface area contributed by atoms with Gasteiger partial charge in [-0.05, 0) is 36.2 Å². The lowest BCUT2D eigenvalue weighted by atomic mass is 10.1. The van der Waals surface area contributed by atoms with Crippen molar-refractivity contribution in [3.05, 3.63) is 70.5 Å². The van der Waals surface area contributed by atoms with Crippen molar-refractivity contribution in [2.75, 3.05) is 5.32 Å². The van der Waals surface area contributed by atoms with Gasteiger partial charge in [0.1, 0.15) is 0 Å². The highest BCUT2D eigenvalue weighted by atomic mass is 16.2. The van der Waals surface area contributed by atoms with E-state index in [1.807, 2.05) is 38.1 Å². The van der Waals surface area contributed by atoms with Gasteiger partial charge in [0, 0.05) is 26.0 Å². The van der Waals surface area contributed by atoms with Crippen LogP contribution in [-0.2, 0) is 14.1 Å². The Kier molecular flexibility index (Phi) is 4.54. The number of carbonyl (C=O) groups is 1. The Balaban J connectivity index is 1.71. The maximum Gasteiger partial charge on any atom is 0.328 e. The molecule has 3 aromatic heterocycles. The van der Waals surface area contributed by atoms with Crippen molar-refractivity contribution in [1.29, 1.82) is 0 Å². The molecule has 8 nitrogen and oxygen atoms in total. The van der Waals surface area contributed by atoms with Crippen molar-refractivity contribution in [1.82, 2.24) is 23.9 Å². The molecule has 0 unspecified atom stereocenters. The molecule has 0 saturated heterocycles. The number of benzene rings is 1. The van der Waals surface area contributed by atoms with Gasteiger partial charge in [0.15, 0.2) is 5.82 Å². The second-order valence-electron chi connectivity index (χ2n) is 7.26. The Morgan fingerprint density at radius 1 is 1.07 bits per heavy atom. The summed E-state index contributed by atoms with van der Waals surface area (Å²) in [7, 11) is 3.44. The summed E-state index contributed by atoms with van der Waals surface area (Å²) in [6, 6.07) is 11.0. The summed E-state index contributed by atoms with van der Waals surface area (Å²) in [5.41, 5.74) is 3.35. The average molecular weight is 390 g/mol. The van der Waals surface area contributed by atoms with Gasteiger partial charge in [0.25, 0.3) is 5.91 Å². The van der Waals surface area contributed by atoms with Gasteiger partial charge in [-0.25, -0.2) is 14.5 Å². The number of aryl methyl sites for hydroxylation is 2. The third-order valence-corrected chi connectivity index (χ3v) is 4.99. The van der Waals surface area contributed by atoms with E-state index in [-0.39, 0.29) is 17.5 Å². The number of nitrogens with zero attached hydrogens (tertiary/aromatic N) is 5. The highest BCUT2D eigenvalue weighted by Crippen LogP contribution is 2.24. The number of fused-ring (bicyclic) bond motifs is 1. The minimum Gasteiger partial charge on any atom is -0.322 e. The highest BCUT2D eigenvalue weighted by Gasteiger charge is 2.21. The quantitative estimate of drug-likeness (QED) is 0.580. The van der Waals surface area contributed by atoms with Gasteiger partial charge in [0.2, 0.25) is 0 Å². The normalized spacial score (nSPS) is 11.3. The largest absolute Gasteiger partial charge is 0.328 e. The monoisotopic (exact) mass is 390 g/mol. The van der Waals surface area contributed by atoms with Gasteiger partial charge in [0.05, 0.1) is 28.5 Å². The molecular weight excluding hydrogens is 368 g/mol. The number of aromatic nitrogens is 5. The van der Waals surface area contributed by atoms with E-state index in [0.717, 1.165) is 16.7 Å². The van der Waals surface area contributed by atoms with Crippen LogP contribution in [0.15, 0.2) is 53.6 Å². The predicted octanol–water partition coefficient (Wildman–Crippen LogP) is 2.83. The number of hydrogen-bond donors (Lipinski definition) is 1. The van der Waals surface area contributed by atoms with Crippen LogP contribution in [-0.4, -0.2) is 29.8 Å². The summed E-state index contributed by atoms with van der Waals surface area (Å²) in [6.07, 6.45) is 3.26. The zero-order chi connectivity index (χ0) is 20.7. The van der Waals surface area contributed by atoms with Crippen LogP contribution in [0.4, 0.5) is 5.69 Å². The first-order valence-electron chi connectivity index (χ1n) is 9.34. The lowest BCUT2D eigenvalue weighted by Gasteiger charge is -2.12. The fraction of sp³-hybridized carbons (Fsp3) is 0.238. The van der Waals surface area contributed by atoms with E-state index in [2.05, 4.69) is 15.4 Å². The summed E-state index contributed by atoms with van der Waals surface area (Å²) in [5, 5.41) is 7.32. The third-order valence-electron chi connectivity index (χ3n) is 4.99. The molecule has 0 fully saturated rings. The first-order valence-corrected chi connectivity index (χ1v) is 9.34. The van der Waals surface area contributed by atoms with Crippen molar-refractivity contribution >= 4 is 22.6 Å². The first-order chi connectivity index (χ1) is 13.9. The Bertz CT molecular complexity index is 1260. The molecule has 8 heteroatoms. The van der Waals surface area contributed by atoms with E-state index in [0.29, 0.717) is 17.1 Å². The van der Waals surface area contributed by atoms with Crippen LogP contribution in [0.5, 0.6) is 0 Å². The zero-order valence-corrected chi connectivity index (χ0v) is 16.7. The first kappa shape index (κ1) is 18.7. The molecule has 148 valence electrons. The van der Waals surface area contributed by atoms with Crippen molar-refractivity contribution in [2.45, 2.75) is 19.8 Å². The molecule has 0 aliphatic rings. The minimum absolute atomic E-state index is 0.0673. The summed E-state index contributed by atoms with van der Waals surface area (Å²) in [4.78, 5) is 29.5. The van der Waals surface area contributed by atoms with E-state index in [4.69, 9.17) is 0 Å². The molecule has 0 saturated carbocycles. The van der Waals surface area contributed by atoms with E-state index in [1.165, 1.54) is 0 Å². The van der Waals surface area contributed by atoms with Gasteiger partial charge >= 0.3 is 5.69 Å². The standard InChI is InChI=1S/C21H22N6O2/c1-13(2)19-15(12-23-27(19)18-7-5-6-10-22-18)20(28)24-14-8-9-16-17(11-14)26(4)21(29)25(16)3/h5-13H,1-4H3,(H,24,28). The molecular formula is C21H22N6O2. The molecule has 0 atom stereocenters. The van der Waals surface area contributed by atoms with Crippen molar-refractivity contribution in [3.8, 4) is 5.82 Å². The topological polar surface area (TPSA) is 86.7 Å². The fourth-order valence-electron chi connectivity index (χ4n) is 3.53. The number of imidazole rings is 1. The lowest BCUT2D eigenvalue weighted by molar-refractivity contribution is 0.102. The summed E-state index contributed by atoms with van der Waals surface area (Å²) in [5.74, 6) is 0.477. The van der Waals surface area contributed by atoms with Gasteiger partial charge in [-0.1, -0.05) is 19.9 Å². The number of hydrogen-bond acceptors (Lipinski definition) is 4. The number of anilines is 1. The van der Waals surface area contributed by atoms with Crippen LogP contribution in [0.3, 0.4) is 0 Å². The number of pyridine rings is 1. The van der Waals surface area contributed by atoms with Crippen molar-refractivity contribution < 1.29 is 4.79 Å². The predicted molar refractivity (Wildman–Crippen MR) is 112 cm³/mol. The van der Waals surface area contributed by atoms with Crippen LogP contribution >= 0.6 is 0 Å². The molecule has 1 aromatic carbocycles. The van der Waals surface area contributed by atoms with Crippen LogP contribution in [0.25, 0.3) is 16.9 Å². The minimum atomic E-state index is -0.254. The van der Waals surface area contributed by atoms with Gasteiger partial charge < -0.3 is 5.32 Å². The number of nitrogens with one attached hydrogen (secondary N) is 1. The van der Waals surface area contributed by atoms with E-state index >= 15 is 0 Å². The summed E-state index contributed by atoms with van der Waals surface area (Å²) < 4.78 is 4.84. The second kappa shape index (κ2) is 7.05. The smallest absolute Gasteiger partial charge is 0.322 e. The molecule has 4 rings (SSSR count). The van der Waals surface area contributed by atoms with Crippen LogP contribution in [0, 0.1) is 0 Å².